The molecule has 0 aliphatic rings. The van der Waals surface area contributed by atoms with Crippen molar-refractivity contribution in [3.05, 3.63) is 33.5 Å². The van der Waals surface area contributed by atoms with Crippen LogP contribution in [0.1, 0.15) is 35.9 Å². The molecule has 2 aromatic heterocycles. The van der Waals surface area contributed by atoms with Gasteiger partial charge < -0.3 is 5.32 Å². The molecular weight excluding hydrogens is 268 g/mol. The summed E-state index contributed by atoms with van der Waals surface area (Å²) in [5.74, 6) is 0. The van der Waals surface area contributed by atoms with Crippen LogP contribution in [-0.4, -0.2) is 27.4 Å². The molecule has 0 spiro atoms. The molecule has 0 radical (unpaired) electrons. The molecule has 4 nitrogen and oxygen atoms in total. The fourth-order valence-corrected chi connectivity index (χ4v) is 3.17. The van der Waals surface area contributed by atoms with Crippen molar-refractivity contribution in [3.63, 3.8) is 0 Å². The van der Waals surface area contributed by atoms with Crippen LogP contribution in [0, 0.1) is 13.8 Å². The third kappa shape index (κ3) is 3.90. The average molecular weight is 292 g/mol. The van der Waals surface area contributed by atoms with Gasteiger partial charge in [-0.05, 0) is 33.4 Å². The molecule has 110 valence electrons. The molecule has 1 unspecified atom stereocenters. The summed E-state index contributed by atoms with van der Waals surface area (Å²) in [7, 11) is 0. The summed E-state index contributed by atoms with van der Waals surface area (Å²) < 4.78 is 2.10. The molecule has 2 rings (SSSR count). The lowest BCUT2D eigenvalue weighted by Crippen LogP contribution is -2.33. The molecule has 0 saturated heterocycles. The van der Waals surface area contributed by atoms with Crippen molar-refractivity contribution in [1.82, 2.24) is 20.1 Å². The van der Waals surface area contributed by atoms with Crippen molar-refractivity contribution in [3.8, 4) is 0 Å². The lowest BCUT2D eigenvalue weighted by atomic mass is 10.1. The molecule has 0 aliphatic heterocycles. The maximum atomic E-state index is 4.58. The topological polar surface area (TPSA) is 42.7 Å². The van der Waals surface area contributed by atoms with Crippen LogP contribution in [0.15, 0.2) is 11.4 Å². The van der Waals surface area contributed by atoms with E-state index >= 15 is 0 Å². The first-order chi connectivity index (χ1) is 9.62. The lowest BCUT2D eigenvalue weighted by molar-refractivity contribution is 0.492. The number of rotatable bonds is 7. The Morgan fingerprint density at radius 1 is 1.30 bits per heavy atom. The number of thiazole rings is 1. The molecule has 5 heteroatoms. The second-order valence-corrected chi connectivity index (χ2v) is 6.18. The summed E-state index contributed by atoms with van der Waals surface area (Å²) in [4.78, 5) is 4.58. The van der Waals surface area contributed by atoms with Crippen molar-refractivity contribution in [2.45, 2.75) is 53.1 Å². The summed E-state index contributed by atoms with van der Waals surface area (Å²) >= 11 is 1.73. The maximum absolute atomic E-state index is 4.58. The van der Waals surface area contributed by atoms with Gasteiger partial charge in [0.15, 0.2) is 0 Å². The van der Waals surface area contributed by atoms with Crippen LogP contribution in [0.2, 0.25) is 0 Å². The maximum Gasteiger partial charge on any atom is 0.0897 e. The van der Waals surface area contributed by atoms with Gasteiger partial charge in [0, 0.05) is 36.5 Å². The number of likely N-dealkylation sites (N-methyl/N-ethyl adjacent to an activating group) is 1. The predicted molar refractivity (Wildman–Crippen MR) is 84.4 cm³/mol. The van der Waals surface area contributed by atoms with Crippen LogP contribution in [0.5, 0.6) is 0 Å². The van der Waals surface area contributed by atoms with Crippen LogP contribution < -0.4 is 5.32 Å². The van der Waals surface area contributed by atoms with Gasteiger partial charge >= 0.3 is 0 Å². The van der Waals surface area contributed by atoms with Gasteiger partial charge in [-0.2, -0.15) is 5.10 Å². The van der Waals surface area contributed by atoms with E-state index in [4.69, 9.17) is 0 Å². The van der Waals surface area contributed by atoms with Crippen molar-refractivity contribution < 1.29 is 0 Å². The van der Waals surface area contributed by atoms with Crippen LogP contribution in [0.3, 0.4) is 0 Å². The highest BCUT2D eigenvalue weighted by Gasteiger charge is 2.14. The van der Waals surface area contributed by atoms with Gasteiger partial charge in [0.2, 0.25) is 0 Å². The molecule has 1 N–H and O–H groups in total. The lowest BCUT2D eigenvalue weighted by Gasteiger charge is -2.17. The second kappa shape index (κ2) is 6.99. The van der Waals surface area contributed by atoms with Gasteiger partial charge in [-0.25, -0.2) is 4.98 Å². The number of hydrogen-bond donors (Lipinski definition) is 1. The highest BCUT2D eigenvalue weighted by molar-refractivity contribution is 7.09. The molecule has 0 aromatic carbocycles. The molecule has 0 saturated carbocycles. The Bertz CT molecular complexity index is 544. The molecular formula is C15H24N4S. The summed E-state index contributed by atoms with van der Waals surface area (Å²) in [6.07, 6.45) is 1.98. The SMILES string of the molecule is CCNC(Cc1csc(C)n1)Cc1cc(C)nn1CC. The first kappa shape index (κ1) is 15.2. The molecule has 20 heavy (non-hydrogen) atoms. The quantitative estimate of drug-likeness (QED) is 0.853. The molecule has 0 bridgehead atoms. The Morgan fingerprint density at radius 3 is 2.70 bits per heavy atom. The molecule has 2 heterocycles. The minimum atomic E-state index is 0.419. The number of hydrogen-bond acceptors (Lipinski definition) is 4. The number of aryl methyl sites for hydroxylation is 3. The largest absolute Gasteiger partial charge is 0.313 e. The highest BCUT2D eigenvalue weighted by atomic mass is 32.1. The zero-order valence-electron chi connectivity index (χ0n) is 12.8. The zero-order valence-corrected chi connectivity index (χ0v) is 13.6. The van der Waals surface area contributed by atoms with Crippen LogP contribution in [-0.2, 0) is 19.4 Å². The Hall–Kier alpha value is -1.20. The summed E-state index contributed by atoms with van der Waals surface area (Å²) in [5.41, 5.74) is 3.60. The van der Waals surface area contributed by atoms with Gasteiger partial charge in [0.1, 0.15) is 0 Å². The van der Waals surface area contributed by atoms with Crippen molar-refractivity contribution >= 4 is 11.3 Å². The van der Waals surface area contributed by atoms with Crippen molar-refractivity contribution in [2.24, 2.45) is 0 Å². The van der Waals surface area contributed by atoms with E-state index in [0.717, 1.165) is 36.6 Å². The van der Waals surface area contributed by atoms with Gasteiger partial charge in [-0.15, -0.1) is 11.3 Å². The highest BCUT2D eigenvalue weighted by Crippen LogP contribution is 2.13. The Kier molecular flexibility index (Phi) is 5.31. The van der Waals surface area contributed by atoms with E-state index in [1.54, 1.807) is 11.3 Å². The Labute approximate surface area is 125 Å². The Morgan fingerprint density at radius 2 is 2.10 bits per heavy atom. The van der Waals surface area contributed by atoms with Crippen molar-refractivity contribution in [1.29, 1.82) is 0 Å². The standard InChI is InChI=1S/C15H24N4S/c1-5-16-13(8-14-10-20-12(4)17-14)9-15-7-11(3)18-19(15)6-2/h7,10,13,16H,5-6,8-9H2,1-4H3. The van der Waals surface area contributed by atoms with E-state index in [2.05, 4.69) is 59.2 Å². The smallest absolute Gasteiger partial charge is 0.0897 e. The van der Waals surface area contributed by atoms with Gasteiger partial charge in [0.25, 0.3) is 0 Å². The van der Waals surface area contributed by atoms with Gasteiger partial charge in [-0.3, -0.25) is 4.68 Å². The first-order valence-corrected chi connectivity index (χ1v) is 8.18. The van der Waals surface area contributed by atoms with Crippen LogP contribution in [0.25, 0.3) is 0 Å². The molecule has 0 amide bonds. The number of nitrogens with zero attached hydrogens (tertiary/aromatic N) is 3. The minimum Gasteiger partial charge on any atom is -0.313 e. The van der Waals surface area contributed by atoms with E-state index in [9.17, 15) is 0 Å². The molecule has 2 aromatic rings. The minimum absolute atomic E-state index is 0.419. The third-order valence-electron chi connectivity index (χ3n) is 3.36. The predicted octanol–water partition coefficient (Wildman–Crippen LogP) is 2.74. The number of aromatic nitrogens is 3. The molecule has 1 atom stereocenters. The van der Waals surface area contributed by atoms with E-state index in [-0.39, 0.29) is 0 Å². The fourth-order valence-electron chi connectivity index (χ4n) is 2.55. The molecule has 0 aliphatic carbocycles. The van der Waals surface area contributed by atoms with E-state index in [0.29, 0.717) is 6.04 Å². The summed E-state index contributed by atoms with van der Waals surface area (Å²) in [5, 5.41) is 11.4. The van der Waals surface area contributed by atoms with Gasteiger partial charge in [-0.1, -0.05) is 6.92 Å². The normalized spacial score (nSPS) is 12.8. The molecule has 0 fully saturated rings. The number of nitrogens with one attached hydrogen (secondary N) is 1. The second-order valence-electron chi connectivity index (χ2n) is 5.11. The van der Waals surface area contributed by atoms with E-state index in [1.807, 2.05) is 0 Å². The van der Waals surface area contributed by atoms with E-state index < -0.39 is 0 Å². The van der Waals surface area contributed by atoms with Gasteiger partial charge in [0.05, 0.1) is 16.4 Å². The van der Waals surface area contributed by atoms with E-state index in [1.165, 1.54) is 11.4 Å². The Balaban J connectivity index is 2.08. The summed E-state index contributed by atoms with van der Waals surface area (Å²) in [6.45, 7) is 10.3. The van der Waals surface area contributed by atoms with Crippen LogP contribution in [0.4, 0.5) is 0 Å². The monoisotopic (exact) mass is 292 g/mol. The zero-order chi connectivity index (χ0) is 14.5. The third-order valence-corrected chi connectivity index (χ3v) is 4.18. The fraction of sp³-hybridized carbons (Fsp3) is 0.600. The van der Waals surface area contributed by atoms with Crippen molar-refractivity contribution in [2.75, 3.05) is 6.54 Å². The van der Waals surface area contributed by atoms with Crippen LogP contribution >= 0.6 is 11.3 Å². The first-order valence-electron chi connectivity index (χ1n) is 7.30. The average Bonchev–Trinajstić information content (AvgIpc) is 2.96. The summed E-state index contributed by atoms with van der Waals surface area (Å²) in [6, 6.07) is 2.61.